The highest BCUT2D eigenvalue weighted by Gasteiger charge is 2.27. The average Bonchev–Trinajstić information content (AvgIpc) is 2.30. The lowest BCUT2D eigenvalue weighted by Crippen LogP contribution is -2.17. The first-order valence-corrected chi connectivity index (χ1v) is 6.56. The van der Waals surface area contributed by atoms with Crippen molar-refractivity contribution in [2.45, 2.75) is 0 Å². The van der Waals surface area contributed by atoms with Crippen LogP contribution in [0.1, 0.15) is 0 Å². The van der Waals surface area contributed by atoms with E-state index in [0.717, 1.165) is 0 Å². The van der Waals surface area contributed by atoms with E-state index in [0.29, 0.717) is 0 Å². The monoisotopic (exact) mass is 339 g/mol. The molecule has 0 aliphatic carbocycles. The molecule has 0 atom stereocenters. The quantitative estimate of drug-likeness (QED) is 0.398. The van der Waals surface area contributed by atoms with E-state index in [-0.39, 0.29) is 0 Å². The lowest BCUT2D eigenvalue weighted by Gasteiger charge is -2.09. The normalized spacial score (nSPS) is 11.6. The van der Waals surface area contributed by atoms with Crippen molar-refractivity contribution in [3.63, 3.8) is 0 Å². The minimum Gasteiger partial charge on any atom is -0.277 e. The van der Waals surface area contributed by atoms with Gasteiger partial charge >= 0.3 is 0 Å². The van der Waals surface area contributed by atoms with Gasteiger partial charge < -0.3 is 0 Å². The van der Waals surface area contributed by atoms with Gasteiger partial charge in [0.2, 0.25) is 15.8 Å². The summed E-state index contributed by atoms with van der Waals surface area (Å²) in [6.07, 6.45) is 0. The van der Waals surface area contributed by atoms with Crippen LogP contribution in [-0.4, -0.2) is 13.1 Å². The average molecular weight is 340 g/mol. The third-order valence-corrected chi connectivity index (χ3v) is 4.22. The molecule has 1 aromatic rings. The van der Waals surface area contributed by atoms with E-state index < -0.39 is 49.5 Å². The number of halogens is 6. The van der Waals surface area contributed by atoms with Gasteiger partial charge in [-0.3, -0.25) is 4.72 Å². The van der Waals surface area contributed by atoms with Gasteiger partial charge in [-0.15, -0.1) is 0 Å². The summed E-state index contributed by atoms with van der Waals surface area (Å²) in [4.78, 5) is 0. The van der Waals surface area contributed by atoms with E-state index in [1.807, 2.05) is 0 Å². The van der Waals surface area contributed by atoms with Crippen molar-refractivity contribution >= 4 is 31.6 Å². The molecule has 0 fully saturated rings. The van der Waals surface area contributed by atoms with Crippen LogP contribution in [0.15, 0.2) is 0 Å². The Hall–Kier alpha value is -0.900. The standard InChI is InChI=1S/C7H3BrF5NO2S/c8-1-17(15,16)14-7-5(12)3(10)2(9)4(11)6(7)13/h14H,1H2. The molecule has 1 N–H and O–H groups in total. The van der Waals surface area contributed by atoms with E-state index in [4.69, 9.17) is 0 Å². The van der Waals surface area contributed by atoms with E-state index in [9.17, 15) is 30.4 Å². The van der Waals surface area contributed by atoms with E-state index in [1.165, 1.54) is 4.72 Å². The molecular weight excluding hydrogens is 337 g/mol. The van der Waals surface area contributed by atoms with Crippen LogP contribution in [0.5, 0.6) is 0 Å². The van der Waals surface area contributed by atoms with Gasteiger partial charge in [-0.1, -0.05) is 15.9 Å². The maximum Gasteiger partial charge on any atom is 0.242 e. The Kier molecular flexibility index (Phi) is 3.97. The molecule has 17 heavy (non-hydrogen) atoms. The Bertz CT molecular complexity index is 533. The summed E-state index contributed by atoms with van der Waals surface area (Å²) >= 11 is 2.47. The number of nitrogens with one attached hydrogen (secondary N) is 1. The largest absolute Gasteiger partial charge is 0.277 e. The first kappa shape index (κ1) is 14.2. The molecule has 0 radical (unpaired) electrons. The van der Waals surface area contributed by atoms with Gasteiger partial charge in [0.05, 0.1) is 0 Å². The van der Waals surface area contributed by atoms with Gasteiger partial charge in [0.25, 0.3) is 0 Å². The van der Waals surface area contributed by atoms with Crippen molar-refractivity contribution in [1.82, 2.24) is 0 Å². The number of rotatable bonds is 3. The molecule has 0 bridgehead atoms. The van der Waals surface area contributed by atoms with Crippen molar-refractivity contribution in [3.05, 3.63) is 29.1 Å². The summed E-state index contributed by atoms with van der Waals surface area (Å²) in [5.41, 5.74) is -1.61. The van der Waals surface area contributed by atoms with Crippen molar-refractivity contribution < 1.29 is 30.4 Å². The van der Waals surface area contributed by atoms with Gasteiger partial charge in [-0.05, 0) is 0 Å². The first-order valence-electron chi connectivity index (χ1n) is 3.79. The first-order chi connectivity index (χ1) is 7.71. The van der Waals surface area contributed by atoms with Crippen molar-refractivity contribution in [2.75, 3.05) is 9.38 Å². The number of benzene rings is 1. The van der Waals surface area contributed by atoms with Crippen LogP contribution >= 0.6 is 15.9 Å². The van der Waals surface area contributed by atoms with Crippen LogP contribution in [0.25, 0.3) is 0 Å². The lowest BCUT2D eigenvalue weighted by atomic mass is 10.2. The predicted octanol–water partition coefficient (Wildman–Crippen LogP) is 2.48. The van der Waals surface area contributed by atoms with Gasteiger partial charge in [0, 0.05) is 0 Å². The molecule has 0 aromatic heterocycles. The summed E-state index contributed by atoms with van der Waals surface area (Å²) in [5, 5.41) is 0. The second-order valence-electron chi connectivity index (χ2n) is 2.77. The molecule has 1 rings (SSSR count). The zero-order chi connectivity index (χ0) is 13.4. The third kappa shape index (κ3) is 2.68. The second-order valence-corrected chi connectivity index (χ2v) is 5.80. The van der Waals surface area contributed by atoms with Gasteiger partial charge in [-0.2, -0.15) is 0 Å². The topological polar surface area (TPSA) is 46.2 Å². The van der Waals surface area contributed by atoms with Crippen LogP contribution in [0.3, 0.4) is 0 Å². The Morgan fingerprint density at radius 1 is 0.882 bits per heavy atom. The fourth-order valence-electron chi connectivity index (χ4n) is 0.877. The SMILES string of the molecule is O=S(=O)(CBr)Nc1c(F)c(F)c(F)c(F)c1F. The number of hydrogen-bond acceptors (Lipinski definition) is 2. The van der Waals surface area contributed by atoms with Crippen LogP contribution in [0.2, 0.25) is 0 Å². The van der Waals surface area contributed by atoms with E-state index in [2.05, 4.69) is 15.9 Å². The molecule has 0 saturated carbocycles. The van der Waals surface area contributed by atoms with Crippen molar-refractivity contribution in [1.29, 1.82) is 0 Å². The summed E-state index contributed by atoms with van der Waals surface area (Å²) in [7, 11) is -4.23. The molecule has 0 saturated heterocycles. The Morgan fingerprint density at radius 3 is 1.59 bits per heavy atom. The highest BCUT2D eigenvalue weighted by molar-refractivity contribution is 9.10. The summed E-state index contributed by atoms with van der Waals surface area (Å²) in [6.45, 7) is 0. The number of hydrogen-bond donors (Lipinski definition) is 1. The highest BCUT2D eigenvalue weighted by Crippen LogP contribution is 2.27. The summed E-state index contributed by atoms with van der Waals surface area (Å²) < 4.78 is 86.3. The maximum atomic E-state index is 13.0. The molecule has 3 nitrogen and oxygen atoms in total. The Morgan fingerprint density at radius 2 is 1.24 bits per heavy atom. The molecule has 0 aliphatic heterocycles. The maximum absolute atomic E-state index is 13.0. The highest BCUT2D eigenvalue weighted by atomic mass is 79.9. The Labute approximate surface area is 101 Å². The molecule has 0 aliphatic rings. The second kappa shape index (κ2) is 4.77. The molecule has 1 aromatic carbocycles. The number of alkyl halides is 1. The van der Waals surface area contributed by atoms with E-state index in [1.54, 1.807) is 0 Å². The lowest BCUT2D eigenvalue weighted by molar-refractivity contribution is 0.382. The van der Waals surface area contributed by atoms with Crippen LogP contribution in [0.4, 0.5) is 27.6 Å². The number of sulfonamides is 1. The molecule has 0 heterocycles. The van der Waals surface area contributed by atoms with Crippen molar-refractivity contribution in [2.24, 2.45) is 0 Å². The third-order valence-electron chi connectivity index (χ3n) is 1.61. The molecule has 96 valence electrons. The molecule has 0 unspecified atom stereocenters. The van der Waals surface area contributed by atoms with Crippen LogP contribution in [-0.2, 0) is 10.0 Å². The molecule has 0 spiro atoms. The summed E-state index contributed by atoms with van der Waals surface area (Å²) in [5.74, 6) is -11.3. The predicted molar refractivity (Wildman–Crippen MR) is 52.6 cm³/mol. The zero-order valence-electron chi connectivity index (χ0n) is 7.70. The van der Waals surface area contributed by atoms with Crippen LogP contribution < -0.4 is 4.72 Å². The molecule has 0 amide bonds. The minimum absolute atomic E-state index is 0.764. The zero-order valence-corrected chi connectivity index (χ0v) is 10.1. The Balaban J connectivity index is 3.45. The fraction of sp³-hybridized carbons (Fsp3) is 0.143. The smallest absolute Gasteiger partial charge is 0.242 e. The number of anilines is 1. The van der Waals surface area contributed by atoms with Gasteiger partial charge in [0.1, 0.15) is 10.3 Å². The minimum atomic E-state index is -4.23. The molecular formula is C7H3BrF5NO2S. The summed E-state index contributed by atoms with van der Waals surface area (Å²) in [6, 6.07) is 0. The van der Waals surface area contributed by atoms with E-state index >= 15 is 0 Å². The fourth-order valence-corrected chi connectivity index (χ4v) is 1.77. The van der Waals surface area contributed by atoms with Crippen molar-refractivity contribution in [3.8, 4) is 0 Å². The van der Waals surface area contributed by atoms with Gasteiger partial charge in [0.15, 0.2) is 23.3 Å². The van der Waals surface area contributed by atoms with Crippen LogP contribution in [0, 0.1) is 29.1 Å². The molecule has 10 heteroatoms. The van der Waals surface area contributed by atoms with Gasteiger partial charge in [-0.25, -0.2) is 30.4 Å².